The van der Waals surface area contributed by atoms with E-state index in [1.54, 1.807) is 0 Å². The number of hydrogen-bond donors (Lipinski definition) is 4. The number of aliphatic hydroxyl groups excluding tert-OH is 3. The van der Waals surface area contributed by atoms with E-state index in [4.69, 9.17) is 15.2 Å². The van der Waals surface area contributed by atoms with Gasteiger partial charge < -0.3 is 30.5 Å². The minimum Gasteiger partial charge on any atom is -0.461 e. The maximum atomic E-state index is 12.0. The summed E-state index contributed by atoms with van der Waals surface area (Å²) < 4.78 is 10.9. The summed E-state index contributed by atoms with van der Waals surface area (Å²) in [5, 5.41) is 29.4. The van der Waals surface area contributed by atoms with Gasteiger partial charge in [0.25, 0.3) is 11.9 Å². The molecule has 1 amide bonds. The highest BCUT2D eigenvalue weighted by Crippen LogP contribution is 2.29. The Morgan fingerprint density at radius 3 is 2.75 bits per heavy atom. The number of hydrogen-bond acceptors (Lipinski definition) is 10. The second-order valence-corrected chi connectivity index (χ2v) is 5.29. The first-order chi connectivity index (χ1) is 11.5. The van der Waals surface area contributed by atoms with Gasteiger partial charge in [-0.25, -0.2) is 4.99 Å². The molecule has 1 saturated heterocycles. The average Bonchev–Trinajstić information content (AvgIpc) is 3.04. The number of aliphatic hydroxyl groups is 3. The monoisotopic (exact) mass is 339 g/mol. The minimum absolute atomic E-state index is 0.0493. The summed E-state index contributed by atoms with van der Waals surface area (Å²) in [7, 11) is 0. The van der Waals surface area contributed by atoms with Crippen molar-refractivity contribution in [3.63, 3.8) is 0 Å². The molecule has 3 aliphatic rings. The highest BCUT2D eigenvalue weighted by atomic mass is 16.6. The maximum absolute atomic E-state index is 12.0. The third-order valence-electron chi connectivity index (χ3n) is 3.73. The molecule has 0 radical (unpaired) electrons. The highest BCUT2D eigenvalue weighted by molar-refractivity contribution is 6.23. The predicted molar refractivity (Wildman–Crippen MR) is 81.0 cm³/mol. The van der Waals surface area contributed by atoms with Crippen LogP contribution in [0.3, 0.4) is 0 Å². The number of ether oxygens (including phenoxy) is 2. The van der Waals surface area contributed by atoms with Crippen molar-refractivity contribution in [2.24, 2.45) is 20.7 Å². The lowest BCUT2D eigenvalue weighted by Gasteiger charge is -2.29. The fourth-order valence-electron chi connectivity index (χ4n) is 2.63. The van der Waals surface area contributed by atoms with Crippen LogP contribution in [0.15, 0.2) is 27.6 Å². The van der Waals surface area contributed by atoms with Crippen LogP contribution in [0.1, 0.15) is 0 Å². The zero-order chi connectivity index (χ0) is 17.4. The van der Waals surface area contributed by atoms with Crippen molar-refractivity contribution < 1.29 is 29.6 Å². The first-order valence-corrected chi connectivity index (χ1v) is 7.17. The molecule has 0 saturated carbocycles. The predicted octanol–water partition coefficient (Wildman–Crippen LogP) is -3.08. The molecule has 3 aliphatic heterocycles. The van der Waals surface area contributed by atoms with Gasteiger partial charge in [-0.2, -0.15) is 9.98 Å². The third-order valence-corrected chi connectivity index (χ3v) is 3.73. The van der Waals surface area contributed by atoms with Crippen LogP contribution in [0.5, 0.6) is 0 Å². The third kappa shape index (κ3) is 2.57. The SMILES string of the molecule is C=CCOC1=NC2C(=O)N=C(N)N=C2N1[C@@H]1O[C@H](CO)C(O)[C@@H]1O. The van der Waals surface area contributed by atoms with Gasteiger partial charge in [0.1, 0.15) is 24.9 Å². The highest BCUT2D eigenvalue weighted by Gasteiger charge is 2.52. The van der Waals surface area contributed by atoms with Gasteiger partial charge in [0, 0.05) is 0 Å². The van der Waals surface area contributed by atoms with Crippen molar-refractivity contribution in [2.45, 2.75) is 30.6 Å². The molecular weight excluding hydrogens is 322 g/mol. The van der Waals surface area contributed by atoms with E-state index in [2.05, 4.69) is 21.6 Å². The Bertz CT molecular complexity index is 647. The van der Waals surface area contributed by atoms with Crippen LogP contribution in [0.4, 0.5) is 0 Å². The summed E-state index contributed by atoms with van der Waals surface area (Å²) in [6.45, 7) is 3.10. The lowest BCUT2D eigenvalue weighted by molar-refractivity contribution is -0.117. The van der Waals surface area contributed by atoms with E-state index in [9.17, 15) is 20.1 Å². The normalized spacial score (nSPS) is 35.3. The van der Waals surface area contributed by atoms with Crippen molar-refractivity contribution in [2.75, 3.05) is 13.2 Å². The zero-order valence-corrected chi connectivity index (χ0v) is 12.5. The Kier molecular flexibility index (Phi) is 4.32. The van der Waals surface area contributed by atoms with E-state index in [1.165, 1.54) is 11.0 Å². The molecule has 3 heterocycles. The van der Waals surface area contributed by atoms with Gasteiger partial charge in [-0.1, -0.05) is 12.7 Å². The van der Waals surface area contributed by atoms with Crippen molar-refractivity contribution in [1.29, 1.82) is 0 Å². The Hall–Kier alpha value is -2.34. The molecule has 24 heavy (non-hydrogen) atoms. The second kappa shape index (κ2) is 6.28. The van der Waals surface area contributed by atoms with Gasteiger partial charge in [0.15, 0.2) is 18.1 Å². The van der Waals surface area contributed by atoms with E-state index >= 15 is 0 Å². The van der Waals surface area contributed by atoms with Crippen LogP contribution in [-0.2, 0) is 14.3 Å². The number of rotatable bonds is 4. The molecule has 0 bridgehead atoms. The summed E-state index contributed by atoms with van der Waals surface area (Å²) in [4.78, 5) is 24.8. The lowest BCUT2D eigenvalue weighted by Crippen LogP contribution is -2.52. The van der Waals surface area contributed by atoms with Gasteiger partial charge in [0.2, 0.25) is 5.96 Å². The summed E-state index contributed by atoms with van der Waals surface area (Å²) >= 11 is 0. The molecule has 0 aliphatic carbocycles. The summed E-state index contributed by atoms with van der Waals surface area (Å²) in [6.07, 6.45) is -3.42. The van der Waals surface area contributed by atoms with Gasteiger partial charge in [-0.05, 0) is 0 Å². The molecule has 0 aromatic rings. The molecule has 11 heteroatoms. The van der Waals surface area contributed by atoms with Crippen molar-refractivity contribution >= 4 is 23.7 Å². The van der Waals surface area contributed by atoms with Crippen molar-refractivity contribution in [3.05, 3.63) is 12.7 Å². The van der Waals surface area contributed by atoms with Crippen LogP contribution >= 0.6 is 0 Å². The molecule has 11 nitrogen and oxygen atoms in total. The van der Waals surface area contributed by atoms with Crippen LogP contribution in [-0.4, -0.2) is 87.7 Å². The number of carbonyl (C=O) groups is 1. The number of guanidine groups is 1. The number of nitrogens with zero attached hydrogens (tertiary/aromatic N) is 4. The molecule has 130 valence electrons. The van der Waals surface area contributed by atoms with E-state index < -0.39 is 43.1 Å². The van der Waals surface area contributed by atoms with Crippen LogP contribution in [0.2, 0.25) is 0 Å². The molecule has 0 spiro atoms. The number of carbonyl (C=O) groups excluding carboxylic acids is 1. The topological polar surface area (TPSA) is 163 Å². The Balaban J connectivity index is 1.96. The maximum Gasteiger partial charge on any atom is 0.296 e. The molecule has 2 unspecified atom stereocenters. The Morgan fingerprint density at radius 1 is 1.38 bits per heavy atom. The molecule has 3 rings (SSSR count). The number of aliphatic imine (C=N–C) groups is 3. The smallest absolute Gasteiger partial charge is 0.296 e. The molecule has 0 aromatic heterocycles. The van der Waals surface area contributed by atoms with Crippen LogP contribution < -0.4 is 5.73 Å². The van der Waals surface area contributed by atoms with E-state index in [1.807, 2.05) is 0 Å². The van der Waals surface area contributed by atoms with Gasteiger partial charge in [0.05, 0.1) is 6.61 Å². The number of amidine groups is 2. The quantitative estimate of drug-likeness (QED) is 0.392. The minimum atomic E-state index is -1.39. The number of nitrogens with two attached hydrogens (primary N) is 1. The summed E-state index contributed by atoms with van der Waals surface area (Å²) in [5.41, 5.74) is 5.52. The summed E-state index contributed by atoms with van der Waals surface area (Å²) in [5.74, 6) is -0.823. The van der Waals surface area contributed by atoms with Gasteiger partial charge in [-0.15, -0.1) is 0 Å². The van der Waals surface area contributed by atoms with Crippen molar-refractivity contribution in [1.82, 2.24) is 4.90 Å². The average molecular weight is 339 g/mol. The molecule has 5 N–H and O–H groups in total. The fraction of sp³-hybridized carbons (Fsp3) is 0.538. The standard InChI is InChI=1S/C13H17N5O6/c1-2-3-23-13-15-6-9(16-12(14)17-10(6)22)18(13)11-8(21)7(20)5(4-19)24-11/h2,5-8,11,19-21H,1,3-4H2,(H2,14,17,22)/t5-,6?,7?,8+,11-/m1/s1. The number of fused-ring (bicyclic) bond motifs is 1. The number of amides is 1. The van der Waals surface area contributed by atoms with Crippen molar-refractivity contribution in [3.8, 4) is 0 Å². The molecule has 1 fully saturated rings. The van der Waals surface area contributed by atoms with Crippen LogP contribution in [0, 0.1) is 0 Å². The molecule has 5 atom stereocenters. The van der Waals surface area contributed by atoms with Gasteiger partial charge in [-0.3, -0.25) is 9.69 Å². The lowest BCUT2D eigenvalue weighted by atomic mass is 10.1. The van der Waals surface area contributed by atoms with Crippen LogP contribution in [0.25, 0.3) is 0 Å². The first-order valence-electron chi connectivity index (χ1n) is 7.17. The van der Waals surface area contributed by atoms with Gasteiger partial charge >= 0.3 is 0 Å². The summed E-state index contributed by atoms with van der Waals surface area (Å²) in [6, 6.07) is -1.12. The van der Waals surface area contributed by atoms with E-state index in [-0.39, 0.29) is 24.4 Å². The first kappa shape index (κ1) is 16.5. The molecular formula is C13H17N5O6. The molecule has 0 aromatic carbocycles. The second-order valence-electron chi connectivity index (χ2n) is 5.29. The Labute approximate surface area is 136 Å². The van der Waals surface area contributed by atoms with E-state index in [0.717, 1.165) is 0 Å². The Morgan fingerprint density at radius 2 is 2.12 bits per heavy atom. The fourth-order valence-corrected chi connectivity index (χ4v) is 2.63. The zero-order valence-electron chi connectivity index (χ0n) is 12.5. The largest absolute Gasteiger partial charge is 0.461 e. The van der Waals surface area contributed by atoms with E-state index in [0.29, 0.717) is 0 Å².